The molecule has 6 nitrogen and oxygen atoms in total. The minimum Gasteiger partial charge on any atom is -0.335 e. The summed E-state index contributed by atoms with van der Waals surface area (Å²) < 4.78 is 1.94. The van der Waals surface area contributed by atoms with Gasteiger partial charge in [-0.15, -0.1) is 0 Å². The molecule has 2 rings (SSSR count). The molecule has 2 aromatic heterocycles. The smallest absolute Gasteiger partial charge is 0.0596 e. The molecular formula is C8H11N6-. The summed E-state index contributed by atoms with van der Waals surface area (Å²) in [5.41, 5.74) is 2.18. The van der Waals surface area contributed by atoms with Gasteiger partial charge in [0.15, 0.2) is 0 Å². The summed E-state index contributed by atoms with van der Waals surface area (Å²) in [6.45, 7) is 4.78. The third-order valence-electron chi connectivity index (χ3n) is 2.01. The fourth-order valence-corrected chi connectivity index (χ4v) is 1.37. The highest BCUT2D eigenvalue weighted by Gasteiger charge is 1.99. The molecule has 14 heavy (non-hydrogen) atoms. The van der Waals surface area contributed by atoms with Crippen LogP contribution in [0.3, 0.4) is 0 Å². The van der Waals surface area contributed by atoms with Gasteiger partial charge in [0, 0.05) is 18.1 Å². The molecule has 2 aromatic rings. The van der Waals surface area contributed by atoms with E-state index in [-0.39, 0.29) is 0 Å². The second kappa shape index (κ2) is 3.57. The summed E-state index contributed by atoms with van der Waals surface area (Å²) in [4.78, 5) is 0. The fraction of sp³-hybridized carbons (Fsp3) is 0.500. The minimum atomic E-state index is 0.664. The van der Waals surface area contributed by atoms with Crippen molar-refractivity contribution in [3.8, 4) is 0 Å². The Morgan fingerprint density at radius 3 is 2.86 bits per heavy atom. The number of hydrogen-bond donors (Lipinski definition) is 0. The molecule has 0 saturated heterocycles. The molecule has 0 aromatic carbocycles. The van der Waals surface area contributed by atoms with E-state index < -0.39 is 0 Å². The molecule has 0 unspecified atom stereocenters. The van der Waals surface area contributed by atoms with Gasteiger partial charge in [0.25, 0.3) is 0 Å². The van der Waals surface area contributed by atoms with Crippen LogP contribution in [0, 0.1) is 13.8 Å². The summed E-state index contributed by atoms with van der Waals surface area (Å²) in [5, 5.41) is 18.7. The fourth-order valence-electron chi connectivity index (χ4n) is 1.37. The Labute approximate surface area is 81.3 Å². The normalized spacial score (nSPS) is 10.7. The number of aromatic nitrogens is 6. The third-order valence-corrected chi connectivity index (χ3v) is 2.01. The molecule has 0 radical (unpaired) electrons. The van der Waals surface area contributed by atoms with Crippen LogP contribution in [0.2, 0.25) is 0 Å². The van der Waals surface area contributed by atoms with Crippen molar-refractivity contribution in [1.82, 2.24) is 30.4 Å². The Morgan fingerprint density at radius 2 is 2.29 bits per heavy atom. The predicted molar refractivity (Wildman–Crippen MR) is 48.6 cm³/mol. The standard InChI is InChI=1S/C8H11N6/c1-6-5-7(2)14(11-6)4-3-8-9-12-13-10-8/h5H,3-4H2,1-2H3/q-1. The van der Waals surface area contributed by atoms with Gasteiger partial charge in [-0.2, -0.15) is 10.3 Å². The molecule has 0 amide bonds. The maximum atomic E-state index is 4.33. The zero-order chi connectivity index (χ0) is 9.97. The number of aryl methyl sites for hydroxylation is 4. The first kappa shape index (κ1) is 8.86. The Kier molecular flexibility index (Phi) is 2.26. The van der Waals surface area contributed by atoms with E-state index in [9.17, 15) is 0 Å². The molecule has 2 heterocycles. The molecule has 0 aliphatic rings. The van der Waals surface area contributed by atoms with Crippen molar-refractivity contribution in [3.63, 3.8) is 0 Å². The van der Waals surface area contributed by atoms with Crippen LogP contribution in [0.4, 0.5) is 0 Å². The van der Waals surface area contributed by atoms with Crippen molar-refractivity contribution in [3.05, 3.63) is 23.3 Å². The van der Waals surface area contributed by atoms with Crippen molar-refractivity contribution in [2.75, 3.05) is 0 Å². The lowest BCUT2D eigenvalue weighted by molar-refractivity contribution is 0.581. The van der Waals surface area contributed by atoms with Crippen molar-refractivity contribution >= 4 is 0 Å². The third kappa shape index (κ3) is 1.78. The summed E-state index contributed by atoms with van der Waals surface area (Å²) >= 11 is 0. The van der Waals surface area contributed by atoms with E-state index in [0.29, 0.717) is 5.82 Å². The summed E-state index contributed by atoms with van der Waals surface area (Å²) in [6.07, 6.45) is 0.717. The molecule has 0 aliphatic carbocycles. The Balaban J connectivity index is 2.01. The molecule has 6 heteroatoms. The average molecular weight is 191 g/mol. The van der Waals surface area contributed by atoms with Gasteiger partial charge in [-0.1, -0.05) is 0 Å². The van der Waals surface area contributed by atoms with Crippen LogP contribution in [0.5, 0.6) is 0 Å². The van der Waals surface area contributed by atoms with Crippen LogP contribution < -0.4 is 5.10 Å². The summed E-state index contributed by atoms with van der Waals surface area (Å²) in [5.74, 6) is 0.664. The molecule has 0 bridgehead atoms. The summed E-state index contributed by atoms with van der Waals surface area (Å²) in [7, 11) is 0. The van der Waals surface area contributed by atoms with E-state index in [1.165, 1.54) is 0 Å². The van der Waals surface area contributed by atoms with Gasteiger partial charge in [-0.3, -0.25) is 15.0 Å². The molecule has 0 saturated carbocycles. The van der Waals surface area contributed by atoms with Crippen LogP contribution in [0.25, 0.3) is 0 Å². The van der Waals surface area contributed by atoms with Gasteiger partial charge in [-0.25, -0.2) is 0 Å². The zero-order valence-corrected chi connectivity index (χ0v) is 8.17. The van der Waals surface area contributed by atoms with E-state index in [0.717, 1.165) is 24.4 Å². The molecule has 0 aliphatic heterocycles. The molecular weight excluding hydrogens is 180 g/mol. The second-order valence-corrected chi connectivity index (χ2v) is 3.20. The van der Waals surface area contributed by atoms with Crippen molar-refractivity contribution in [2.45, 2.75) is 26.8 Å². The number of hydrogen-bond acceptors (Lipinski definition) is 4. The van der Waals surface area contributed by atoms with Gasteiger partial charge in [0.2, 0.25) is 0 Å². The Hall–Kier alpha value is -1.72. The first-order chi connectivity index (χ1) is 6.75. The van der Waals surface area contributed by atoms with Crippen LogP contribution in [-0.2, 0) is 13.0 Å². The van der Waals surface area contributed by atoms with E-state index in [4.69, 9.17) is 0 Å². The highest BCUT2D eigenvalue weighted by molar-refractivity contribution is 5.06. The monoisotopic (exact) mass is 191 g/mol. The number of nitrogens with zero attached hydrogens (tertiary/aromatic N) is 6. The SMILES string of the molecule is Cc1cc(C)n(CCc2nnn[n-]2)n1. The van der Waals surface area contributed by atoms with E-state index >= 15 is 0 Å². The van der Waals surface area contributed by atoms with Crippen LogP contribution >= 0.6 is 0 Å². The zero-order valence-electron chi connectivity index (χ0n) is 8.17. The van der Waals surface area contributed by atoms with E-state index in [1.54, 1.807) is 0 Å². The number of rotatable bonds is 3. The topological polar surface area (TPSA) is 70.6 Å². The van der Waals surface area contributed by atoms with Crippen LogP contribution in [-0.4, -0.2) is 25.3 Å². The van der Waals surface area contributed by atoms with Crippen LogP contribution in [0.15, 0.2) is 6.07 Å². The predicted octanol–water partition coefficient (Wildman–Crippen LogP) is -0.115. The molecule has 74 valence electrons. The Bertz CT molecular complexity index is 401. The second-order valence-electron chi connectivity index (χ2n) is 3.20. The van der Waals surface area contributed by atoms with Gasteiger partial charge in [0.1, 0.15) is 0 Å². The lowest BCUT2D eigenvalue weighted by Gasteiger charge is -2.03. The maximum Gasteiger partial charge on any atom is 0.0596 e. The first-order valence-electron chi connectivity index (χ1n) is 4.44. The molecule has 0 N–H and O–H groups in total. The van der Waals surface area contributed by atoms with Crippen molar-refractivity contribution < 1.29 is 0 Å². The average Bonchev–Trinajstić information content (AvgIpc) is 2.72. The van der Waals surface area contributed by atoms with Gasteiger partial charge >= 0.3 is 0 Å². The van der Waals surface area contributed by atoms with Crippen LogP contribution in [0.1, 0.15) is 17.2 Å². The highest BCUT2D eigenvalue weighted by Crippen LogP contribution is 2.02. The maximum absolute atomic E-state index is 4.33. The lowest BCUT2D eigenvalue weighted by atomic mass is 10.4. The Morgan fingerprint density at radius 1 is 1.43 bits per heavy atom. The van der Waals surface area contributed by atoms with Gasteiger partial charge < -0.3 is 5.10 Å². The summed E-state index contributed by atoms with van der Waals surface area (Å²) in [6, 6.07) is 2.04. The minimum absolute atomic E-state index is 0.664. The lowest BCUT2D eigenvalue weighted by Crippen LogP contribution is -2.06. The molecule has 0 fully saturated rings. The largest absolute Gasteiger partial charge is 0.335 e. The van der Waals surface area contributed by atoms with E-state index in [1.807, 2.05) is 24.6 Å². The molecule has 0 atom stereocenters. The van der Waals surface area contributed by atoms with Gasteiger partial charge in [-0.05, 0) is 26.3 Å². The van der Waals surface area contributed by atoms with Crippen molar-refractivity contribution in [1.29, 1.82) is 0 Å². The quantitative estimate of drug-likeness (QED) is 0.676. The van der Waals surface area contributed by atoms with E-state index in [2.05, 4.69) is 25.7 Å². The van der Waals surface area contributed by atoms with Gasteiger partial charge in [0.05, 0.1) is 5.69 Å². The highest BCUT2D eigenvalue weighted by atomic mass is 15.5. The number of tetrazole rings is 1. The first-order valence-corrected chi connectivity index (χ1v) is 4.44. The molecule has 0 spiro atoms. The van der Waals surface area contributed by atoms with Crippen molar-refractivity contribution in [2.24, 2.45) is 0 Å².